The van der Waals surface area contributed by atoms with Crippen LogP contribution in [0.1, 0.15) is 24.3 Å². The first-order valence-electron chi connectivity index (χ1n) is 8.48. The standard InChI is InChI=1S/C20H20ClN3O2/c1-24(19(25)9-5-8-15-6-3-2-4-7-15)14-18-22-20(23-26-18)16-10-12-17(21)13-11-16/h2-4,6-7,10-13H,5,8-9,14H2,1H3. The van der Waals surface area contributed by atoms with Gasteiger partial charge in [0.05, 0.1) is 6.54 Å². The summed E-state index contributed by atoms with van der Waals surface area (Å²) in [6.45, 7) is 0.296. The molecule has 1 heterocycles. The molecule has 26 heavy (non-hydrogen) atoms. The van der Waals surface area contributed by atoms with Crippen molar-refractivity contribution < 1.29 is 9.32 Å². The van der Waals surface area contributed by atoms with Gasteiger partial charge in [-0.1, -0.05) is 47.1 Å². The maximum Gasteiger partial charge on any atom is 0.246 e. The number of aromatic nitrogens is 2. The first-order valence-corrected chi connectivity index (χ1v) is 8.86. The van der Waals surface area contributed by atoms with Crippen molar-refractivity contribution in [2.45, 2.75) is 25.8 Å². The van der Waals surface area contributed by atoms with Crippen LogP contribution in [0, 0.1) is 0 Å². The molecule has 134 valence electrons. The van der Waals surface area contributed by atoms with Crippen LogP contribution in [0.2, 0.25) is 5.02 Å². The number of hydrogen-bond donors (Lipinski definition) is 0. The molecule has 0 aliphatic carbocycles. The van der Waals surface area contributed by atoms with Crippen LogP contribution in [0.4, 0.5) is 0 Å². The van der Waals surface area contributed by atoms with Gasteiger partial charge in [-0.2, -0.15) is 4.98 Å². The Morgan fingerprint density at radius 2 is 1.85 bits per heavy atom. The minimum absolute atomic E-state index is 0.0622. The topological polar surface area (TPSA) is 59.2 Å². The molecular formula is C20H20ClN3O2. The Kier molecular flexibility index (Phi) is 6.02. The monoisotopic (exact) mass is 369 g/mol. The van der Waals surface area contributed by atoms with Crippen molar-refractivity contribution >= 4 is 17.5 Å². The maximum atomic E-state index is 12.3. The molecule has 0 bridgehead atoms. The molecular weight excluding hydrogens is 350 g/mol. The fourth-order valence-corrected chi connectivity index (χ4v) is 2.73. The fourth-order valence-electron chi connectivity index (χ4n) is 2.61. The van der Waals surface area contributed by atoms with Crippen LogP contribution >= 0.6 is 11.6 Å². The van der Waals surface area contributed by atoms with Crippen molar-refractivity contribution in [1.29, 1.82) is 0 Å². The highest BCUT2D eigenvalue weighted by Crippen LogP contribution is 2.19. The Bertz CT molecular complexity index is 847. The second kappa shape index (κ2) is 8.63. The van der Waals surface area contributed by atoms with Gasteiger partial charge in [-0.3, -0.25) is 4.79 Å². The van der Waals surface area contributed by atoms with E-state index in [1.165, 1.54) is 5.56 Å². The molecule has 2 aromatic carbocycles. The summed E-state index contributed by atoms with van der Waals surface area (Å²) in [5.74, 6) is 0.961. The van der Waals surface area contributed by atoms with Crippen molar-refractivity contribution in [3.05, 3.63) is 71.1 Å². The van der Waals surface area contributed by atoms with E-state index in [1.807, 2.05) is 30.3 Å². The molecule has 0 unspecified atom stereocenters. The van der Waals surface area contributed by atoms with E-state index in [9.17, 15) is 4.79 Å². The lowest BCUT2D eigenvalue weighted by Crippen LogP contribution is -2.26. The largest absolute Gasteiger partial charge is 0.337 e. The van der Waals surface area contributed by atoms with Crippen molar-refractivity contribution in [3.8, 4) is 11.4 Å². The van der Waals surface area contributed by atoms with Crippen molar-refractivity contribution in [1.82, 2.24) is 15.0 Å². The summed E-state index contributed by atoms with van der Waals surface area (Å²) in [5, 5.41) is 4.61. The summed E-state index contributed by atoms with van der Waals surface area (Å²) < 4.78 is 5.26. The lowest BCUT2D eigenvalue weighted by molar-refractivity contribution is -0.130. The van der Waals surface area contributed by atoms with Crippen LogP contribution in [0.25, 0.3) is 11.4 Å². The van der Waals surface area contributed by atoms with Crippen LogP contribution < -0.4 is 0 Å². The molecule has 0 atom stereocenters. The molecule has 6 heteroatoms. The lowest BCUT2D eigenvalue weighted by atomic mass is 10.1. The predicted molar refractivity (Wildman–Crippen MR) is 101 cm³/mol. The zero-order valence-corrected chi connectivity index (χ0v) is 15.3. The summed E-state index contributed by atoms with van der Waals surface area (Å²) in [4.78, 5) is 18.2. The van der Waals surface area contributed by atoms with Gasteiger partial charge in [0.25, 0.3) is 0 Å². The van der Waals surface area contributed by atoms with E-state index < -0.39 is 0 Å². The zero-order chi connectivity index (χ0) is 18.4. The molecule has 0 radical (unpaired) electrons. The van der Waals surface area contributed by atoms with Crippen LogP contribution in [-0.4, -0.2) is 28.0 Å². The smallest absolute Gasteiger partial charge is 0.246 e. The Morgan fingerprint density at radius 3 is 2.58 bits per heavy atom. The minimum Gasteiger partial charge on any atom is -0.337 e. The van der Waals surface area contributed by atoms with E-state index >= 15 is 0 Å². The summed E-state index contributed by atoms with van der Waals surface area (Å²) >= 11 is 5.88. The average Bonchev–Trinajstić information content (AvgIpc) is 3.11. The van der Waals surface area contributed by atoms with Gasteiger partial charge in [-0.05, 0) is 42.7 Å². The summed E-state index contributed by atoms with van der Waals surface area (Å²) in [6.07, 6.45) is 2.19. The molecule has 5 nitrogen and oxygen atoms in total. The highest BCUT2D eigenvalue weighted by Gasteiger charge is 2.14. The van der Waals surface area contributed by atoms with Gasteiger partial charge in [-0.25, -0.2) is 0 Å². The third kappa shape index (κ3) is 4.92. The minimum atomic E-state index is 0.0622. The number of rotatable bonds is 7. The Morgan fingerprint density at radius 1 is 1.12 bits per heavy atom. The number of hydrogen-bond acceptors (Lipinski definition) is 4. The molecule has 0 N–H and O–H groups in total. The second-order valence-electron chi connectivity index (χ2n) is 6.11. The SMILES string of the molecule is CN(Cc1nc(-c2ccc(Cl)cc2)no1)C(=O)CCCc1ccccc1. The van der Waals surface area contributed by atoms with Gasteiger partial charge in [0.2, 0.25) is 17.6 Å². The van der Waals surface area contributed by atoms with Crippen molar-refractivity contribution in [2.75, 3.05) is 7.05 Å². The Hall–Kier alpha value is -2.66. The number of benzene rings is 2. The second-order valence-corrected chi connectivity index (χ2v) is 6.54. The first-order chi connectivity index (χ1) is 12.6. The molecule has 0 aliphatic rings. The third-order valence-corrected chi connectivity index (χ3v) is 4.32. The van der Waals surface area contributed by atoms with Crippen LogP contribution in [0.3, 0.4) is 0 Å². The molecule has 1 aromatic heterocycles. The van der Waals surface area contributed by atoms with Crippen LogP contribution in [-0.2, 0) is 17.8 Å². The van der Waals surface area contributed by atoms with E-state index in [1.54, 1.807) is 24.1 Å². The summed E-state index contributed by atoms with van der Waals surface area (Å²) in [5.41, 5.74) is 2.06. The summed E-state index contributed by atoms with van der Waals surface area (Å²) in [7, 11) is 1.75. The van der Waals surface area contributed by atoms with E-state index in [0.29, 0.717) is 29.7 Å². The predicted octanol–water partition coefficient (Wildman–Crippen LogP) is 4.37. The van der Waals surface area contributed by atoms with Crippen LogP contribution in [0.15, 0.2) is 59.1 Å². The van der Waals surface area contributed by atoms with Gasteiger partial charge in [0, 0.05) is 24.1 Å². The summed E-state index contributed by atoms with van der Waals surface area (Å²) in [6, 6.07) is 17.4. The molecule has 0 saturated heterocycles. The first kappa shape index (κ1) is 18.1. The van der Waals surface area contributed by atoms with Gasteiger partial charge in [0.1, 0.15) is 0 Å². The van der Waals surface area contributed by atoms with Gasteiger partial charge < -0.3 is 9.42 Å². The molecule has 0 aliphatic heterocycles. The molecule has 3 aromatic rings. The number of carbonyl (C=O) groups excluding carboxylic acids is 1. The average molecular weight is 370 g/mol. The number of nitrogens with zero attached hydrogens (tertiary/aromatic N) is 3. The highest BCUT2D eigenvalue weighted by molar-refractivity contribution is 6.30. The third-order valence-electron chi connectivity index (χ3n) is 4.07. The highest BCUT2D eigenvalue weighted by atomic mass is 35.5. The molecule has 1 amide bonds. The van der Waals surface area contributed by atoms with Gasteiger partial charge in [0.15, 0.2) is 0 Å². The quantitative estimate of drug-likeness (QED) is 0.620. The van der Waals surface area contributed by atoms with Gasteiger partial charge in [-0.15, -0.1) is 0 Å². The van der Waals surface area contributed by atoms with Crippen LogP contribution in [0.5, 0.6) is 0 Å². The number of amides is 1. The van der Waals surface area contributed by atoms with E-state index in [4.69, 9.17) is 16.1 Å². The molecule has 0 saturated carbocycles. The van der Waals surface area contributed by atoms with E-state index in [0.717, 1.165) is 18.4 Å². The Labute approximate surface area is 157 Å². The van der Waals surface area contributed by atoms with E-state index in [-0.39, 0.29) is 5.91 Å². The normalized spacial score (nSPS) is 10.7. The number of carbonyl (C=O) groups is 1. The van der Waals surface area contributed by atoms with Crippen molar-refractivity contribution in [3.63, 3.8) is 0 Å². The molecule has 0 spiro atoms. The molecule has 3 rings (SSSR count). The lowest BCUT2D eigenvalue weighted by Gasteiger charge is -2.14. The number of aryl methyl sites for hydroxylation is 1. The zero-order valence-electron chi connectivity index (χ0n) is 14.6. The molecule has 0 fully saturated rings. The maximum absolute atomic E-state index is 12.3. The number of halogens is 1. The Balaban J connectivity index is 1.50. The van der Waals surface area contributed by atoms with E-state index in [2.05, 4.69) is 22.3 Å². The van der Waals surface area contributed by atoms with Gasteiger partial charge >= 0.3 is 0 Å². The van der Waals surface area contributed by atoms with Crippen molar-refractivity contribution in [2.24, 2.45) is 0 Å². The fraction of sp³-hybridized carbons (Fsp3) is 0.250.